The fourth-order valence-corrected chi connectivity index (χ4v) is 4.41. The van der Waals surface area contributed by atoms with E-state index in [2.05, 4.69) is 38.1 Å². The van der Waals surface area contributed by atoms with Gasteiger partial charge in [0, 0.05) is 5.41 Å². The van der Waals surface area contributed by atoms with Gasteiger partial charge in [0.15, 0.2) is 0 Å². The Balaban J connectivity index is 2.19. The smallest absolute Gasteiger partial charge is 0.344 e. The van der Waals surface area contributed by atoms with Gasteiger partial charge in [-0.25, -0.2) is 9.59 Å². The van der Waals surface area contributed by atoms with Crippen molar-refractivity contribution in [2.75, 3.05) is 14.2 Å². The maximum absolute atomic E-state index is 12.2. The van der Waals surface area contributed by atoms with E-state index in [1.807, 2.05) is 36.4 Å². The van der Waals surface area contributed by atoms with E-state index in [0.29, 0.717) is 0 Å². The number of ether oxygens (including phenoxy) is 2. The van der Waals surface area contributed by atoms with Crippen molar-refractivity contribution in [2.45, 2.75) is 19.3 Å². The lowest BCUT2D eigenvalue weighted by Crippen LogP contribution is -2.18. The fourth-order valence-electron chi connectivity index (χ4n) is 4.41. The van der Waals surface area contributed by atoms with Gasteiger partial charge in [-0.15, -0.1) is 0 Å². The molecule has 1 saturated carbocycles. The summed E-state index contributed by atoms with van der Waals surface area (Å²) in [6, 6.07) is 20.4. The van der Waals surface area contributed by atoms with Gasteiger partial charge in [-0.1, -0.05) is 80.6 Å². The minimum Gasteiger partial charge on any atom is -0.465 e. The summed E-state index contributed by atoms with van der Waals surface area (Å²) in [7, 11) is 2.53. The maximum Gasteiger partial charge on any atom is 0.344 e. The van der Waals surface area contributed by atoms with E-state index in [1.165, 1.54) is 14.2 Å². The van der Waals surface area contributed by atoms with Crippen LogP contribution >= 0.6 is 0 Å². The van der Waals surface area contributed by atoms with Gasteiger partial charge in [-0.05, 0) is 22.5 Å². The third-order valence-electron chi connectivity index (χ3n) is 5.78. The summed E-state index contributed by atoms with van der Waals surface area (Å²) in [5.74, 6) is -1.43. The highest BCUT2D eigenvalue weighted by Crippen LogP contribution is 2.73. The van der Waals surface area contributed by atoms with Crippen molar-refractivity contribution < 1.29 is 19.1 Å². The third kappa shape index (κ3) is 2.85. The van der Waals surface area contributed by atoms with E-state index < -0.39 is 11.9 Å². The maximum atomic E-state index is 12.2. The van der Waals surface area contributed by atoms with E-state index in [-0.39, 0.29) is 22.3 Å². The summed E-state index contributed by atoms with van der Waals surface area (Å²) in [4.78, 5) is 24.4. The van der Waals surface area contributed by atoms with Crippen LogP contribution in [-0.4, -0.2) is 26.2 Å². The first-order valence-electron chi connectivity index (χ1n) is 8.90. The van der Waals surface area contributed by atoms with Crippen molar-refractivity contribution in [1.29, 1.82) is 0 Å². The van der Waals surface area contributed by atoms with Crippen LogP contribution in [0.1, 0.15) is 25.0 Å². The lowest BCUT2D eigenvalue weighted by atomic mass is 9.81. The number of hydrogen-bond acceptors (Lipinski definition) is 4. The second kappa shape index (κ2) is 7.03. The number of carbonyl (C=O) groups excluding carboxylic acids is 2. The molecular weight excluding hydrogens is 340 g/mol. The highest BCUT2D eigenvalue weighted by molar-refractivity contribution is 6.14. The van der Waals surface area contributed by atoms with Gasteiger partial charge >= 0.3 is 11.9 Å². The topological polar surface area (TPSA) is 52.6 Å². The number of allylic oxidation sites excluding steroid dienone is 1. The molecule has 1 aliphatic carbocycles. The molecule has 0 saturated heterocycles. The predicted molar refractivity (Wildman–Crippen MR) is 103 cm³/mol. The summed E-state index contributed by atoms with van der Waals surface area (Å²) in [6.45, 7) is 4.31. The minimum atomic E-state index is -0.681. The summed E-state index contributed by atoms with van der Waals surface area (Å²) in [5.41, 5.74) is 1.69. The molecule has 1 atom stereocenters. The summed E-state index contributed by atoms with van der Waals surface area (Å²) < 4.78 is 9.61. The highest BCUT2D eigenvalue weighted by atomic mass is 16.5. The van der Waals surface area contributed by atoms with Gasteiger partial charge in [0.1, 0.15) is 5.57 Å². The lowest BCUT2D eigenvalue weighted by molar-refractivity contribution is -0.144. The molecule has 4 heteroatoms. The van der Waals surface area contributed by atoms with Gasteiger partial charge in [0.05, 0.1) is 14.2 Å². The molecule has 140 valence electrons. The first-order valence-corrected chi connectivity index (χ1v) is 8.90. The monoisotopic (exact) mass is 364 g/mol. The summed E-state index contributed by atoms with van der Waals surface area (Å²) in [5, 5.41) is 0. The van der Waals surface area contributed by atoms with Crippen LogP contribution in [0.3, 0.4) is 0 Å². The fraction of sp³-hybridized carbons (Fsp3) is 0.304. The second-order valence-electron chi connectivity index (χ2n) is 7.30. The molecule has 3 rings (SSSR count). The average Bonchev–Trinajstić information content (AvgIpc) is 3.21. The van der Waals surface area contributed by atoms with Crippen molar-refractivity contribution in [1.82, 2.24) is 0 Å². The van der Waals surface area contributed by atoms with Gasteiger partial charge in [0.2, 0.25) is 0 Å². The molecule has 0 N–H and O–H groups in total. The first kappa shape index (κ1) is 18.9. The van der Waals surface area contributed by atoms with Crippen LogP contribution in [0.5, 0.6) is 0 Å². The predicted octanol–water partition coefficient (Wildman–Crippen LogP) is 3.90. The molecule has 2 aromatic carbocycles. The molecule has 0 aromatic heterocycles. The van der Waals surface area contributed by atoms with E-state index in [1.54, 1.807) is 6.08 Å². The Morgan fingerprint density at radius 3 is 1.59 bits per heavy atom. The molecule has 27 heavy (non-hydrogen) atoms. The van der Waals surface area contributed by atoms with E-state index in [9.17, 15) is 9.59 Å². The van der Waals surface area contributed by atoms with Crippen molar-refractivity contribution in [3.05, 3.63) is 83.4 Å². The number of carbonyl (C=O) groups is 2. The minimum absolute atomic E-state index is 0.0631. The third-order valence-corrected chi connectivity index (χ3v) is 5.78. The zero-order valence-electron chi connectivity index (χ0n) is 16.1. The standard InChI is InChI=1S/C23H24O4/c1-22(2)19(15-18(20(24)26-3)21(25)27-4)23(22,16-11-7-5-8-12-16)17-13-9-6-10-14-17/h5-15,19H,1-4H3. The van der Waals surface area contributed by atoms with Crippen LogP contribution in [0.2, 0.25) is 0 Å². The van der Waals surface area contributed by atoms with Crippen molar-refractivity contribution in [3.8, 4) is 0 Å². The van der Waals surface area contributed by atoms with E-state index in [0.717, 1.165) is 11.1 Å². The zero-order chi connectivity index (χ0) is 19.7. The van der Waals surface area contributed by atoms with Crippen molar-refractivity contribution in [3.63, 3.8) is 0 Å². The number of hydrogen-bond donors (Lipinski definition) is 0. The first-order chi connectivity index (χ1) is 12.9. The number of rotatable bonds is 5. The van der Waals surface area contributed by atoms with Crippen molar-refractivity contribution in [2.24, 2.45) is 11.3 Å². The number of benzene rings is 2. The Kier molecular flexibility index (Phi) is 4.92. The van der Waals surface area contributed by atoms with Crippen LogP contribution < -0.4 is 0 Å². The van der Waals surface area contributed by atoms with Crippen LogP contribution in [0.4, 0.5) is 0 Å². The SMILES string of the molecule is COC(=O)C(=CC1C(C)(C)C1(c1ccccc1)c1ccccc1)C(=O)OC. The Morgan fingerprint density at radius 2 is 1.22 bits per heavy atom. The molecule has 2 aromatic rings. The lowest BCUT2D eigenvalue weighted by Gasteiger charge is -2.22. The summed E-state index contributed by atoms with van der Waals surface area (Å²) in [6.07, 6.45) is 1.72. The molecule has 1 fully saturated rings. The highest BCUT2D eigenvalue weighted by Gasteiger charge is 2.71. The van der Waals surface area contributed by atoms with Gasteiger partial charge in [-0.3, -0.25) is 0 Å². The molecule has 0 amide bonds. The molecule has 4 nitrogen and oxygen atoms in total. The van der Waals surface area contributed by atoms with Crippen LogP contribution in [0, 0.1) is 11.3 Å². The van der Waals surface area contributed by atoms with E-state index in [4.69, 9.17) is 9.47 Å². The summed E-state index contributed by atoms with van der Waals surface area (Å²) >= 11 is 0. The Labute approximate surface area is 159 Å². The molecule has 0 spiro atoms. The normalized spacial score (nSPS) is 18.9. The Hall–Kier alpha value is -2.88. The van der Waals surface area contributed by atoms with E-state index >= 15 is 0 Å². The zero-order valence-corrected chi connectivity index (χ0v) is 16.1. The molecule has 1 aliphatic rings. The van der Waals surface area contributed by atoms with Crippen molar-refractivity contribution >= 4 is 11.9 Å². The quantitative estimate of drug-likeness (QED) is 0.349. The molecule has 0 heterocycles. The largest absolute Gasteiger partial charge is 0.465 e. The van der Waals surface area contributed by atoms with Crippen LogP contribution in [0.25, 0.3) is 0 Å². The molecule has 0 bridgehead atoms. The Morgan fingerprint density at radius 1 is 0.815 bits per heavy atom. The van der Waals surface area contributed by atoms with Gasteiger partial charge in [-0.2, -0.15) is 0 Å². The van der Waals surface area contributed by atoms with Crippen LogP contribution in [-0.2, 0) is 24.5 Å². The number of methoxy groups -OCH3 is 2. The molecule has 1 unspecified atom stereocenters. The molecular formula is C23H24O4. The second-order valence-corrected chi connectivity index (χ2v) is 7.30. The Bertz CT molecular complexity index is 808. The average molecular weight is 364 g/mol. The molecule has 0 aliphatic heterocycles. The van der Waals surface area contributed by atoms with Crippen LogP contribution in [0.15, 0.2) is 72.3 Å². The van der Waals surface area contributed by atoms with Gasteiger partial charge in [0.25, 0.3) is 0 Å². The number of esters is 2. The van der Waals surface area contributed by atoms with Gasteiger partial charge < -0.3 is 9.47 Å². The molecule has 0 radical (unpaired) electrons.